The lowest BCUT2D eigenvalue weighted by molar-refractivity contribution is -0.384. The van der Waals surface area contributed by atoms with Gasteiger partial charge in [-0.15, -0.1) is 6.58 Å². The number of likely N-dealkylation sites (tertiary alicyclic amines) is 1. The summed E-state index contributed by atoms with van der Waals surface area (Å²) in [6, 6.07) is 11.1. The molecule has 2 N–H and O–H groups in total. The fourth-order valence-corrected chi connectivity index (χ4v) is 4.45. The molecule has 0 spiro atoms. The van der Waals surface area contributed by atoms with Crippen LogP contribution in [-0.4, -0.2) is 65.0 Å². The van der Waals surface area contributed by atoms with Crippen LogP contribution in [-0.2, 0) is 16.1 Å². The van der Waals surface area contributed by atoms with Crippen molar-refractivity contribution in [2.75, 3.05) is 20.2 Å². The highest BCUT2D eigenvalue weighted by molar-refractivity contribution is 5.90. The molecule has 1 heterocycles. The van der Waals surface area contributed by atoms with Crippen molar-refractivity contribution in [3.05, 3.63) is 82.4 Å². The lowest BCUT2D eigenvalue weighted by Gasteiger charge is -2.31. The van der Waals surface area contributed by atoms with E-state index in [1.54, 1.807) is 12.0 Å². The highest BCUT2D eigenvalue weighted by Crippen LogP contribution is 2.25. The number of carbonyl (C=O) groups excluding carboxylic acids is 3. The van der Waals surface area contributed by atoms with Crippen LogP contribution in [0.5, 0.6) is 5.75 Å². The van der Waals surface area contributed by atoms with Gasteiger partial charge in [0.25, 0.3) is 5.69 Å². The lowest BCUT2D eigenvalue weighted by atomic mass is 10.1. The van der Waals surface area contributed by atoms with E-state index in [1.807, 2.05) is 30.3 Å². The van der Waals surface area contributed by atoms with Crippen LogP contribution >= 0.6 is 0 Å². The van der Waals surface area contributed by atoms with Gasteiger partial charge in [-0.2, -0.15) is 0 Å². The van der Waals surface area contributed by atoms with E-state index in [0.29, 0.717) is 18.8 Å². The summed E-state index contributed by atoms with van der Waals surface area (Å²) >= 11 is 0. The number of unbranched alkanes of at least 4 members (excludes halogenated alkanes) is 3. The number of ether oxygens (including phenoxy) is 2. The highest BCUT2D eigenvalue weighted by atomic mass is 16.6. The summed E-state index contributed by atoms with van der Waals surface area (Å²) in [6.07, 6.45) is 4.70. The van der Waals surface area contributed by atoms with Crippen molar-refractivity contribution < 1.29 is 28.8 Å². The third-order valence-electron chi connectivity index (χ3n) is 6.56. The number of methoxy groups -OCH3 is 1. The molecular weight excluding hydrogens is 504 g/mol. The number of amides is 3. The average Bonchev–Trinajstić information content (AvgIpc) is 3.36. The maximum absolute atomic E-state index is 13.7. The standard InChI is InChI=1S/C28H34N4O7/c1-3-4-5-6-7-16-30(18-20-8-14-23(38-2)15-9-20)28(35)31-19-24(17-25(31)26(29)33)39-27(34)21-10-12-22(13-11-21)32(36)37/h3,8-15,24-25H,1,4-7,16-19H2,2H3,(H2,29,33)/t24-,25-/m0/s1. The van der Waals surface area contributed by atoms with E-state index in [9.17, 15) is 24.5 Å². The number of hydrogen-bond donors (Lipinski definition) is 1. The lowest BCUT2D eigenvalue weighted by Crippen LogP contribution is -2.49. The largest absolute Gasteiger partial charge is 0.497 e. The van der Waals surface area contributed by atoms with Crippen molar-refractivity contribution in [3.8, 4) is 5.75 Å². The first-order valence-electron chi connectivity index (χ1n) is 12.8. The summed E-state index contributed by atoms with van der Waals surface area (Å²) in [5.41, 5.74) is 6.50. The molecule has 0 aromatic heterocycles. The second-order valence-electron chi connectivity index (χ2n) is 9.33. The van der Waals surface area contributed by atoms with E-state index in [4.69, 9.17) is 15.2 Å². The van der Waals surface area contributed by atoms with Gasteiger partial charge < -0.3 is 25.0 Å². The van der Waals surface area contributed by atoms with Crippen LogP contribution in [0.1, 0.15) is 48.0 Å². The molecule has 0 radical (unpaired) electrons. The molecule has 39 heavy (non-hydrogen) atoms. The minimum Gasteiger partial charge on any atom is -0.497 e. The number of non-ortho nitro benzene ring substituents is 1. The molecule has 0 saturated carbocycles. The number of esters is 1. The van der Waals surface area contributed by atoms with Crippen molar-refractivity contribution in [1.82, 2.24) is 9.80 Å². The SMILES string of the molecule is C=CCCCCCN(Cc1ccc(OC)cc1)C(=O)N1C[C@@H](OC(=O)c2ccc([N+](=O)[O-])cc2)C[C@H]1C(N)=O. The number of nitrogens with two attached hydrogens (primary N) is 1. The quantitative estimate of drug-likeness (QED) is 0.133. The number of rotatable bonds is 13. The number of carbonyl (C=O) groups is 3. The number of nitro benzene ring substituents is 1. The Morgan fingerprint density at radius 3 is 2.41 bits per heavy atom. The summed E-state index contributed by atoms with van der Waals surface area (Å²) in [7, 11) is 1.58. The molecule has 1 aliphatic rings. The minimum absolute atomic E-state index is 0.000732. The predicted octanol–water partition coefficient (Wildman–Crippen LogP) is 4.06. The van der Waals surface area contributed by atoms with Gasteiger partial charge in [-0.05, 0) is 49.1 Å². The number of primary amides is 1. The topological polar surface area (TPSA) is 145 Å². The highest BCUT2D eigenvalue weighted by Gasteiger charge is 2.42. The molecule has 2 atom stereocenters. The van der Waals surface area contributed by atoms with Crippen LogP contribution in [0.2, 0.25) is 0 Å². The number of nitro groups is 1. The minimum atomic E-state index is -0.939. The van der Waals surface area contributed by atoms with E-state index < -0.39 is 28.9 Å². The summed E-state index contributed by atoms with van der Waals surface area (Å²) < 4.78 is 10.8. The molecule has 2 aromatic rings. The Labute approximate surface area is 227 Å². The Bertz CT molecular complexity index is 1170. The van der Waals surface area contributed by atoms with Gasteiger partial charge in [-0.1, -0.05) is 24.6 Å². The van der Waals surface area contributed by atoms with E-state index >= 15 is 0 Å². The first-order valence-corrected chi connectivity index (χ1v) is 12.8. The molecule has 208 valence electrons. The van der Waals surface area contributed by atoms with Crippen molar-refractivity contribution in [2.45, 2.75) is 50.8 Å². The smallest absolute Gasteiger partial charge is 0.338 e. The molecule has 3 amide bonds. The maximum Gasteiger partial charge on any atom is 0.338 e. The van der Waals surface area contributed by atoms with Gasteiger partial charge in [0.05, 0.1) is 24.1 Å². The Morgan fingerprint density at radius 1 is 1.13 bits per heavy atom. The van der Waals surface area contributed by atoms with Crippen LogP contribution in [0.3, 0.4) is 0 Å². The third-order valence-corrected chi connectivity index (χ3v) is 6.56. The Hall–Kier alpha value is -4.41. The fraction of sp³-hybridized carbons (Fsp3) is 0.393. The molecule has 1 aliphatic heterocycles. The first kappa shape index (κ1) is 29.2. The molecule has 0 bridgehead atoms. The van der Waals surface area contributed by atoms with Gasteiger partial charge in [-0.25, -0.2) is 9.59 Å². The first-order chi connectivity index (χ1) is 18.7. The predicted molar refractivity (Wildman–Crippen MR) is 144 cm³/mol. The van der Waals surface area contributed by atoms with E-state index in [0.717, 1.165) is 31.2 Å². The van der Waals surface area contributed by atoms with E-state index in [2.05, 4.69) is 6.58 Å². The van der Waals surface area contributed by atoms with Gasteiger partial charge in [0, 0.05) is 31.6 Å². The fourth-order valence-electron chi connectivity index (χ4n) is 4.45. The molecule has 11 nitrogen and oxygen atoms in total. The second-order valence-corrected chi connectivity index (χ2v) is 9.33. The van der Waals surface area contributed by atoms with Crippen molar-refractivity contribution in [3.63, 3.8) is 0 Å². The number of urea groups is 1. The van der Waals surface area contributed by atoms with Crippen LogP contribution in [0.15, 0.2) is 61.2 Å². The number of hydrogen-bond acceptors (Lipinski definition) is 7. The Kier molecular flexibility index (Phi) is 10.4. The molecule has 3 rings (SSSR count). The summed E-state index contributed by atoms with van der Waals surface area (Å²) in [4.78, 5) is 52.0. The zero-order valence-corrected chi connectivity index (χ0v) is 22.0. The Balaban J connectivity index is 1.72. The average molecular weight is 539 g/mol. The van der Waals surface area contributed by atoms with Crippen molar-refractivity contribution in [1.29, 1.82) is 0 Å². The van der Waals surface area contributed by atoms with E-state index in [-0.39, 0.29) is 30.2 Å². The second kappa shape index (κ2) is 13.9. The molecule has 1 saturated heterocycles. The van der Waals surface area contributed by atoms with Gasteiger partial charge in [-0.3, -0.25) is 14.9 Å². The summed E-state index contributed by atoms with van der Waals surface area (Å²) in [5, 5.41) is 10.9. The molecule has 0 unspecified atom stereocenters. The number of allylic oxidation sites excluding steroid dienone is 1. The van der Waals surface area contributed by atoms with Gasteiger partial charge >= 0.3 is 12.0 Å². The molecule has 0 aliphatic carbocycles. The van der Waals surface area contributed by atoms with Crippen LogP contribution in [0.4, 0.5) is 10.5 Å². The van der Waals surface area contributed by atoms with Crippen LogP contribution < -0.4 is 10.5 Å². The number of nitrogens with zero attached hydrogens (tertiary/aromatic N) is 3. The van der Waals surface area contributed by atoms with Gasteiger partial charge in [0.1, 0.15) is 17.9 Å². The zero-order valence-electron chi connectivity index (χ0n) is 22.0. The molecule has 1 fully saturated rings. The zero-order chi connectivity index (χ0) is 28.4. The number of benzene rings is 2. The normalized spacial score (nSPS) is 16.4. The van der Waals surface area contributed by atoms with Crippen molar-refractivity contribution >= 4 is 23.6 Å². The van der Waals surface area contributed by atoms with E-state index in [1.165, 1.54) is 29.2 Å². The summed E-state index contributed by atoms with van der Waals surface area (Å²) in [6.45, 7) is 4.53. The molecule has 2 aromatic carbocycles. The van der Waals surface area contributed by atoms with Gasteiger partial charge in [0.2, 0.25) is 5.91 Å². The molecule has 11 heteroatoms. The van der Waals surface area contributed by atoms with Gasteiger partial charge in [0.15, 0.2) is 0 Å². The van der Waals surface area contributed by atoms with Crippen LogP contribution in [0, 0.1) is 10.1 Å². The summed E-state index contributed by atoms with van der Waals surface area (Å²) in [5.74, 6) is -0.690. The molecular formula is C28H34N4O7. The monoisotopic (exact) mass is 538 g/mol. The van der Waals surface area contributed by atoms with Crippen molar-refractivity contribution in [2.24, 2.45) is 5.73 Å². The third kappa shape index (κ3) is 8.03. The maximum atomic E-state index is 13.7. The Morgan fingerprint density at radius 2 is 1.82 bits per heavy atom. The van der Waals surface area contributed by atoms with Crippen LogP contribution in [0.25, 0.3) is 0 Å².